The van der Waals surface area contributed by atoms with Crippen molar-refractivity contribution in [2.45, 2.75) is 13.3 Å². The summed E-state index contributed by atoms with van der Waals surface area (Å²) in [6.07, 6.45) is 1.13. The van der Waals surface area contributed by atoms with Crippen molar-refractivity contribution >= 4 is 34.5 Å². The SMILES string of the molecule is Cc1ccc(Cc2cc(I)cc[c]2[RaH])s1. The first-order chi connectivity index (χ1) is 7.15. The van der Waals surface area contributed by atoms with Gasteiger partial charge in [-0.2, -0.15) is 0 Å². The third kappa shape index (κ3) is 3.54. The van der Waals surface area contributed by atoms with Gasteiger partial charge >= 0.3 is 140 Å². The van der Waals surface area contributed by atoms with Gasteiger partial charge in [0.25, 0.3) is 0 Å². The molecule has 0 bridgehead atoms. The van der Waals surface area contributed by atoms with Crippen molar-refractivity contribution < 1.29 is 42.8 Å². The molecule has 0 saturated heterocycles. The molecule has 0 fully saturated rings. The van der Waals surface area contributed by atoms with Crippen LogP contribution in [-0.4, -0.2) is 0 Å². The molecule has 0 spiro atoms. The Labute approximate surface area is 137 Å². The number of hydrogen-bond acceptors (Lipinski definition) is 1. The van der Waals surface area contributed by atoms with Crippen LogP contribution in [0.25, 0.3) is 0 Å². The van der Waals surface area contributed by atoms with E-state index in [1.807, 2.05) is 11.3 Å². The Morgan fingerprint density at radius 1 is 1.27 bits per heavy atom. The molecule has 1 aromatic carbocycles. The van der Waals surface area contributed by atoms with E-state index < -0.39 is 0 Å². The zero-order chi connectivity index (χ0) is 10.8. The van der Waals surface area contributed by atoms with Crippen LogP contribution in [0.4, 0.5) is 0 Å². The standard InChI is InChI=1S/C12H10IS.Ra.H/c1-9-5-6-12(14-9)8-10-3-2-4-11(13)7-10;;/h2,4-7H,8H2,1H3;;. The van der Waals surface area contributed by atoms with Crippen molar-refractivity contribution in [1.29, 1.82) is 0 Å². The fourth-order valence-corrected chi connectivity index (χ4v) is 5.07. The van der Waals surface area contributed by atoms with Gasteiger partial charge in [-0.05, 0) is 0 Å². The molecule has 0 aliphatic carbocycles. The van der Waals surface area contributed by atoms with Crippen molar-refractivity contribution in [3.05, 3.63) is 49.2 Å². The van der Waals surface area contributed by atoms with E-state index in [1.165, 1.54) is 13.3 Å². The minimum atomic E-state index is 0.460. The number of benzene rings is 1. The van der Waals surface area contributed by atoms with Gasteiger partial charge in [0.1, 0.15) is 0 Å². The molecule has 0 radical (unpaired) electrons. The Bertz CT molecular complexity index is 476. The molecule has 0 aliphatic heterocycles. The second-order valence-corrected chi connectivity index (χ2v) is 10.8. The fourth-order valence-electron chi connectivity index (χ4n) is 1.60. The van der Waals surface area contributed by atoms with E-state index >= 15 is 0 Å². The molecule has 0 N–H and O–H groups in total. The van der Waals surface area contributed by atoms with Crippen LogP contribution in [0.5, 0.6) is 0 Å². The van der Waals surface area contributed by atoms with Gasteiger partial charge in [0, 0.05) is 0 Å². The average Bonchev–Trinajstić information content (AvgIpc) is 2.58. The minimum absolute atomic E-state index is 0.460. The molecule has 3 heteroatoms. The Morgan fingerprint density at radius 2 is 2.07 bits per heavy atom. The number of thiophene rings is 1. The average molecular weight is 540 g/mol. The van der Waals surface area contributed by atoms with Gasteiger partial charge in [-0.3, -0.25) is 0 Å². The monoisotopic (exact) mass is 540 g/mol. The quantitative estimate of drug-likeness (QED) is 0.514. The zero-order valence-electron chi connectivity index (χ0n) is 8.88. The maximum atomic E-state index is 2.40. The van der Waals surface area contributed by atoms with Crippen molar-refractivity contribution in [3.63, 3.8) is 0 Å². The number of rotatable bonds is 2. The Kier molecular flexibility index (Phi) is 4.73. The first-order valence-electron chi connectivity index (χ1n) is 4.95. The third-order valence-corrected chi connectivity index (χ3v) is 8.15. The molecule has 15 heavy (non-hydrogen) atoms. The molecule has 0 aliphatic rings. The van der Waals surface area contributed by atoms with E-state index in [4.69, 9.17) is 0 Å². The Morgan fingerprint density at radius 3 is 2.73 bits per heavy atom. The van der Waals surface area contributed by atoms with Crippen LogP contribution in [0.2, 0.25) is 0 Å². The van der Waals surface area contributed by atoms with Crippen LogP contribution in [-0.2, 0) is 6.42 Å². The van der Waals surface area contributed by atoms with Gasteiger partial charge in [0.2, 0.25) is 0 Å². The maximum absolute atomic E-state index is 2.40. The molecule has 1 aromatic heterocycles. The summed E-state index contributed by atoms with van der Waals surface area (Å²) in [5.41, 5.74) is 1.55. The van der Waals surface area contributed by atoms with Crippen LogP contribution < -0.4 is 0.604 Å². The molecule has 74 valence electrons. The molecule has 0 unspecified atom stereocenters. The fraction of sp³-hybridized carbons (Fsp3) is 0.167. The molecular weight excluding hydrogens is 529 g/mol. The molecular formula is C12H11IRaS. The predicted octanol–water partition coefficient (Wildman–Crippen LogP) is 3.16. The first-order valence-corrected chi connectivity index (χ1v) is 11.0. The van der Waals surface area contributed by atoms with Crippen molar-refractivity contribution in [2.24, 2.45) is 0 Å². The molecule has 2 rings (SSSR count). The van der Waals surface area contributed by atoms with Crippen molar-refractivity contribution in [1.82, 2.24) is 0 Å². The normalized spacial score (nSPS) is 10.5. The summed E-state index contributed by atoms with van der Waals surface area (Å²) in [6.45, 7) is 2.18. The van der Waals surface area contributed by atoms with Crippen LogP contribution in [0.1, 0.15) is 15.3 Å². The van der Waals surface area contributed by atoms with Gasteiger partial charge in [-0.15, -0.1) is 0 Å². The van der Waals surface area contributed by atoms with Gasteiger partial charge in [0.15, 0.2) is 0 Å². The van der Waals surface area contributed by atoms with E-state index in [-0.39, 0.29) is 0 Å². The van der Waals surface area contributed by atoms with Crippen molar-refractivity contribution in [2.75, 3.05) is 0 Å². The summed E-state index contributed by atoms with van der Waals surface area (Å²) in [5, 5.41) is 0. The predicted molar refractivity (Wildman–Crippen MR) is 72.1 cm³/mol. The van der Waals surface area contributed by atoms with Crippen molar-refractivity contribution in [3.8, 4) is 0 Å². The summed E-state index contributed by atoms with van der Waals surface area (Å²) in [6, 6.07) is 11.3. The van der Waals surface area contributed by atoms with E-state index in [2.05, 4.69) is 59.8 Å². The third-order valence-electron chi connectivity index (χ3n) is 2.47. The molecule has 1 heterocycles. The topological polar surface area (TPSA) is 0 Å². The zero-order valence-corrected chi connectivity index (χ0v) is 20.1. The summed E-state index contributed by atoms with van der Waals surface area (Å²) >= 11 is 4.78. The van der Waals surface area contributed by atoms with E-state index in [1.54, 1.807) is 6.17 Å². The summed E-state index contributed by atoms with van der Waals surface area (Å²) in [7, 11) is 0. The Hall–Kier alpha value is 1.12. The number of hydrogen-bond donors (Lipinski definition) is 0. The van der Waals surface area contributed by atoms with Crippen LogP contribution in [0.3, 0.4) is 0 Å². The second-order valence-electron chi connectivity index (χ2n) is 3.76. The number of halogens is 1. The molecule has 0 amide bonds. The van der Waals surface area contributed by atoms with Crippen LogP contribution in [0, 0.1) is 53.3 Å². The van der Waals surface area contributed by atoms with E-state index in [0.717, 1.165) is 6.42 Å². The number of aryl methyl sites for hydroxylation is 1. The first kappa shape index (κ1) is 12.6. The Balaban J connectivity index is 2.27. The van der Waals surface area contributed by atoms with Gasteiger partial charge in [-0.25, -0.2) is 0 Å². The van der Waals surface area contributed by atoms with Crippen LogP contribution >= 0.6 is 33.9 Å². The molecule has 0 saturated carbocycles. The van der Waals surface area contributed by atoms with Crippen LogP contribution in [0.15, 0.2) is 30.3 Å². The molecule has 0 nitrogen and oxygen atoms in total. The van der Waals surface area contributed by atoms with E-state index in [9.17, 15) is 0 Å². The van der Waals surface area contributed by atoms with E-state index in [0.29, 0.717) is 42.8 Å². The second kappa shape index (κ2) is 5.64. The summed E-state index contributed by atoms with van der Waals surface area (Å²) in [4.78, 5) is 2.91. The summed E-state index contributed by atoms with van der Waals surface area (Å²) in [5.74, 6) is 0. The van der Waals surface area contributed by atoms with Gasteiger partial charge in [0.05, 0.1) is 0 Å². The van der Waals surface area contributed by atoms with Gasteiger partial charge < -0.3 is 0 Å². The van der Waals surface area contributed by atoms with Gasteiger partial charge in [-0.1, -0.05) is 0 Å². The summed E-state index contributed by atoms with van der Waals surface area (Å²) < 4.78 is 2.98. The molecule has 0 atom stereocenters. The molecule has 2 aromatic rings.